The maximum atomic E-state index is 12.8. The Labute approximate surface area is 167 Å². The number of hydrogen-bond acceptors (Lipinski definition) is 6. The van der Waals surface area contributed by atoms with Crippen molar-refractivity contribution in [3.05, 3.63) is 24.3 Å². The molecule has 0 aliphatic carbocycles. The second kappa shape index (κ2) is 8.77. The lowest BCUT2D eigenvalue weighted by molar-refractivity contribution is -0.137. The Morgan fingerprint density at radius 2 is 1.64 bits per heavy atom. The van der Waals surface area contributed by atoms with Crippen LogP contribution >= 0.6 is 0 Å². The highest BCUT2D eigenvalue weighted by molar-refractivity contribution is 7.89. The first kappa shape index (κ1) is 21.0. The van der Waals surface area contributed by atoms with Gasteiger partial charge in [0.1, 0.15) is 5.75 Å². The van der Waals surface area contributed by atoms with Gasteiger partial charge in [0.25, 0.3) is 0 Å². The third-order valence-electron chi connectivity index (χ3n) is 5.14. The summed E-state index contributed by atoms with van der Waals surface area (Å²) in [5.41, 5.74) is 0. The highest BCUT2D eigenvalue weighted by Crippen LogP contribution is 2.21. The van der Waals surface area contributed by atoms with Crippen molar-refractivity contribution >= 4 is 15.9 Å². The van der Waals surface area contributed by atoms with E-state index in [0.29, 0.717) is 38.5 Å². The minimum absolute atomic E-state index is 0.0443. The fourth-order valence-electron chi connectivity index (χ4n) is 3.78. The highest BCUT2D eigenvalue weighted by atomic mass is 32.2. The maximum absolute atomic E-state index is 12.8. The first-order valence-corrected chi connectivity index (χ1v) is 11.0. The van der Waals surface area contributed by atoms with Crippen LogP contribution in [-0.4, -0.2) is 93.6 Å². The second-order valence-corrected chi connectivity index (χ2v) is 9.35. The summed E-state index contributed by atoms with van der Waals surface area (Å²) < 4.78 is 37.8. The molecule has 2 aliphatic heterocycles. The van der Waals surface area contributed by atoms with Gasteiger partial charge in [0.2, 0.25) is 15.9 Å². The summed E-state index contributed by atoms with van der Waals surface area (Å²) in [6.45, 7) is 7.26. The van der Waals surface area contributed by atoms with E-state index >= 15 is 0 Å². The average Bonchev–Trinajstić information content (AvgIpc) is 2.67. The van der Waals surface area contributed by atoms with E-state index in [4.69, 9.17) is 9.47 Å². The minimum Gasteiger partial charge on any atom is -0.497 e. The highest BCUT2D eigenvalue weighted by Gasteiger charge is 2.31. The lowest BCUT2D eigenvalue weighted by atomic mass is 10.2. The van der Waals surface area contributed by atoms with Gasteiger partial charge in [-0.05, 0) is 38.1 Å². The van der Waals surface area contributed by atoms with E-state index in [1.165, 1.54) is 11.4 Å². The smallest absolute Gasteiger partial charge is 0.243 e. The van der Waals surface area contributed by atoms with Gasteiger partial charge in [-0.3, -0.25) is 9.69 Å². The molecule has 8 nitrogen and oxygen atoms in total. The van der Waals surface area contributed by atoms with Crippen molar-refractivity contribution in [1.82, 2.24) is 14.1 Å². The molecule has 0 aromatic heterocycles. The molecule has 0 radical (unpaired) electrons. The average molecular weight is 412 g/mol. The van der Waals surface area contributed by atoms with E-state index < -0.39 is 10.0 Å². The molecule has 0 saturated carbocycles. The molecule has 2 saturated heterocycles. The molecule has 2 heterocycles. The van der Waals surface area contributed by atoms with E-state index in [-0.39, 0.29) is 23.0 Å². The lowest BCUT2D eigenvalue weighted by Crippen LogP contribution is -2.54. The summed E-state index contributed by atoms with van der Waals surface area (Å²) in [6, 6.07) is 6.37. The number of benzene rings is 1. The Bertz CT molecular complexity index is 765. The summed E-state index contributed by atoms with van der Waals surface area (Å²) in [5, 5.41) is 0. The molecule has 1 amide bonds. The van der Waals surface area contributed by atoms with Crippen LogP contribution < -0.4 is 4.74 Å². The molecule has 2 aliphatic rings. The molecule has 2 fully saturated rings. The van der Waals surface area contributed by atoms with Crippen LogP contribution in [0, 0.1) is 0 Å². The van der Waals surface area contributed by atoms with Crippen LogP contribution in [-0.2, 0) is 19.6 Å². The van der Waals surface area contributed by atoms with Crippen LogP contribution in [0.5, 0.6) is 5.75 Å². The monoisotopic (exact) mass is 411 g/mol. The van der Waals surface area contributed by atoms with Crippen molar-refractivity contribution in [2.45, 2.75) is 31.0 Å². The third-order valence-corrected chi connectivity index (χ3v) is 7.06. The molecule has 1 aromatic rings. The number of methoxy groups -OCH3 is 1. The number of piperazine rings is 1. The Morgan fingerprint density at radius 3 is 2.18 bits per heavy atom. The molecule has 156 valence electrons. The van der Waals surface area contributed by atoms with Crippen molar-refractivity contribution in [3.63, 3.8) is 0 Å². The molecule has 3 rings (SSSR count). The van der Waals surface area contributed by atoms with Gasteiger partial charge in [0.15, 0.2) is 0 Å². The zero-order chi connectivity index (χ0) is 20.3. The number of carbonyl (C=O) groups is 1. The molecular formula is C19H29N3O5S. The summed E-state index contributed by atoms with van der Waals surface area (Å²) in [4.78, 5) is 16.7. The van der Waals surface area contributed by atoms with Crippen molar-refractivity contribution < 1.29 is 22.7 Å². The van der Waals surface area contributed by atoms with Gasteiger partial charge in [-0.2, -0.15) is 4.31 Å². The van der Waals surface area contributed by atoms with Crippen molar-refractivity contribution in [3.8, 4) is 5.75 Å². The maximum Gasteiger partial charge on any atom is 0.243 e. The molecule has 28 heavy (non-hydrogen) atoms. The summed E-state index contributed by atoms with van der Waals surface area (Å²) >= 11 is 0. The minimum atomic E-state index is -3.57. The number of hydrogen-bond donors (Lipinski definition) is 0. The zero-order valence-electron chi connectivity index (χ0n) is 16.7. The van der Waals surface area contributed by atoms with Crippen LogP contribution in [0.15, 0.2) is 29.2 Å². The zero-order valence-corrected chi connectivity index (χ0v) is 17.5. The van der Waals surface area contributed by atoms with Crippen LogP contribution in [0.25, 0.3) is 0 Å². The molecule has 0 unspecified atom stereocenters. The molecule has 0 bridgehead atoms. The van der Waals surface area contributed by atoms with E-state index in [1.54, 1.807) is 29.2 Å². The lowest BCUT2D eigenvalue weighted by Gasteiger charge is -2.38. The van der Waals surface area contributed by atoms with Gasteiger partial charge < -0.3 is 14.4 Å². The quantitative estimate of drug-likeness (QED) is 0.707. The molecule has 0 spiro atoms. The number of ether oxygens (including phenoxy) is 2. The van der Waals surface area contributed by atoms with Gasteiger partial charge in [0, 0.05) is 39.3 Å². The van der Waals surface area contributed by atoms with Crippen LogP contribution in [0.2, 0.25) is 0 Å². The second-order valence-electron chi connectivity index (χ2n) is 7.41. The third kappa shape index (κ3) is 4.83. The van der Waals surface area contributed by atoms with Gasteiger partial charge in [-0.25, -0.2) is 8.42 Å². The number of amides is 1. The van der Waals surface area contributed by atoms with Gasteiger partial charge in [-0.1, -0.05) is 0 Å². The Morgan fingerprint density at radius 1 is 1.07 bits per heavy atom. The molecule has 1 aromatic carbocycles. The van der Waals surface area contributed by atoms with Crippen molar-refractivity contribution in [2.24, 2.45) is 0 Å². The van der Waals surface area contributed by atoms with Gasteiger partial charge >= 0.3 is 0 Å². The van der Waals surface area contributed by atoms with E-state index in [9.17, 15) is 13.2 Å². The van der Waals surface area contributed by atoms with E-state index in [2.05, 4.69) is 4.90 Å². The predicted octanol–water partition coefficient (Wildman–Crippen LogP) is 0.637. The van der Waals surface area contributed by atoms with Crippen LogP contribution in [0.4, 0.5) is 0 Å². The fourth-order valence-corrected chi connectivity index (χ4v) is 5.20. The molecular weight excluding hydrogens is 382 g/mol. The normalized spacial score (nSPS) is 24.9. The van der Waals surface area contributed by atoms with Gasteiger partial charge in [-0.15, -0.1) is 0 Å². The number of sulfonamides is 1. The van der Waals surface area contributed by atoms with Crippen molar-refractivity contribution in [1.29, 1.82) is 0 Å². The van der Waals surface area contributed by atoms with Crippen LogP contribution in [0.1, 0.15) is 13.8 Å². The fraction of sp³-hybridized carbons (Fsp3) is 0.632. The first-order valence-electron chi connectivity index (χ1n) is 9.59. The Balaban J connectivity index is 1.55. The molecule has 9 heteroatoms. The SMILES string of the molecule is COc1ccc(S(=O)(=O)N2CCN(C(=O)CN3C[C@H](C)O[C@@H](C)C3)CC2)cc1. The summed E-state index contributed by atoms with van der Waals surface area (Å²) in [7, 11) is -2.03. The summed E-state index contributed by atoms with van der Waals surface area (Å²) in [6.07, 6.45) is 0.228. The number of carbonyl (C=O) groups excluding carboxylic acids is 1. The standard InChI is InChI=1S/C19H29N3O5S/c1-15-12-20(13-16(2)27-15)14-19(23)21-8-10-22(11-9-21)28(24,25)18-6-4-17(26-3)5-7-18/h4-7,15-16H,8-14H2,1-3H3/t15-,16-/m0/s1. The van der Waals surface area contributed by atoms with Crippen molar-refractivity contribution in [2.75, 3.05) is 52.9 Å². The van der Waals surface area contributed by atoms with Crippen LogP contribution in [0.3, 0.4) is 0 Å². The van der Waals surface area contributed by atoms with E-state index in [0.717, 1.165) is 13.1 Å². The summed E-state index contributed by atoms with van der Waals surface area (Å²) in [5.74, 6) is 0.656. The molecule has 2 atom stereocenters. The largest absolute Gasteiger partial charge is 0.497 e. The van der Waals surface area contributed by atoms with Gasteiger partial charge in [0.05, 0.1) is 30.8 Å². The molecule has 0 N–H and O–H groups in total. The number of morpholine rings is 1. The number of rotatable bonds is 5. The topological polar surface area (TPSA) is 79.4 Å². The van der Waals surface area contributed by atoms with E-state index in [1.807, 2.05) is 13.8 Å². The Hall–Kier alpha value is -1.68. The predicted molar refractivity (Wildman–Crippen MR) is 105 cm³/mol. The number of nitrogens with zero attached hydrogens (tertiary/aromatic N) is 3. The Kier molecular flexibility index (Phi) is 6.59. The first-order chi connectivity index (χ1) is 13.3.